The van der Waals surface area contributed by atoms with Crippen LogP contribution in [0.4, 0.5) is 5.82 Å². The second-order valence-corrected chi connectivity index (χ2v) is 5.75. The predicted molar refractivity (Wildman–Crippen MR) is 75.1 cm³/mol. The molecule has 100 valence electrons. The van der Waals surface area contributed by atoms with Crippen molar-refractivity contribution in [2.24, 2.45) is 5.92 Å². The van der Waals surface area contributed by atoms with E-state index < -0.39 is 0 Å². The molecule has 2 N–H and O–H groups in total. The van der Waals surface area contributed by atoms with Gasteiger partial charge < -0.3 is 10.4 Å². The summed E-state index contributed by atoms with van der Waals surface area (Å²) >= 11 is 1.57. The first-order chi connectivity index (χ1) is 8.63. The zero-order valence-electron chi connectivity index (χ0n) is 11.2. The highest BCUT2D eigenvalue weighted by atomic mass is 32.2. The van der Waals surface area contributed by atoms with Gasteiger partial charge in [-0.05, 0) is 45.3 Å². The van der Waals surface area contributed by atoms with E-state index in [9.17, 15) is 5.11 Å². The molecule has 0 amide bonds. The first-order valence-electron chi connectivity index (χ1n) is 6.40. The minimum absolute atomic E-state index is 0.302. The fourth-order valence-electron chi connectivity index (χ4n) is 2.40. The van der Waals surface area contributed by atoms with E-state index in [-0.39, 0.29) is 0 Å². The summed E-state index contributed by atoms with van der Waals surface area (Å²) in [5.74, 6) is 1.40. The fourth-order valence-corrected chi connectivity index (χ4v) is 2.81. The monoisotopic (exact) mass is 267 g/mol. The van der Waals surface area contributed by atoms with Crippen LogP contribution in [0.3, 0.4) is 0 Å². The molecule has 1 aliphatic rings. The van der Waals surface area contributed by atoms with Crippen LogP contribution in [0.5, 0.6) is 0 Å². The number of hydrogen-bond donors (Lipinski definition) is 2. The molecule has 0 spiro atoms. The Kier molecular flexibility index (Phi) is 4.45. The second kappa shape index (κ2) is 5.89. The maximum absolute atomic E-state index is 9.17. The molecule has 0 saturated heterocycles. The Bertz CT molecular complexity index is 425. The van der Waals surface area contributed by atoms with Crippen LogP contribution < -0.4 is 5.32 Å². The summed E-state index contributed by atoms with van der Waals surface area (Å²) in [5.41, 5.74) is 2.16. The van der Waals surface area contributed by atoms with Crippen LogP contribution >= 0.6 is 11.8 Å². The number of thioether (sulfide) groups is 1. The molecule has 18 heavy (non-hydrogen) atoms. The van der Waals surface area contributed by atoms with Crippen LogP contribution in [-0.2, 0) is 0 Å². The van der Waals surface area contributed by atoms with Crippen molar-refractivity contribution in [3.8, 4) is 0 Å². The number of aliphatic hydroxyl groups is 1. The van der Waals surface area contributed by atoms with Gasteiger partial charge in [-0.2, -0.15) is 0 Å². The van der Waals surface area contributed by atoms with Gasteiger partial charge in [0.05, 0.1) is 0 Å². The van der Waals surface area contributed by atoms with Gasteiger partial charge in [0.25, 0.3) is 0 Å². The summed E-state index contributed by atoms with van der Waals surface area (Å²) < 4.78 is 0. The fraction of sp³-hybridized carbons (Fsp3) is 0.692. The van der Waals surface area contributed by atoms with Crippen LogP contribution in [0.25, 0.3) is 0 Å². The smallest absolute Gasteiger partial charge is 0.189 e. The van der Waals surface area contributed by atoms with Gasteiger partial charge in [-0.25, -0.2) is 9.97 Å². The summed E-state index contributed by atoms with van der Waals surface area (Å²) in [5, 5.41) is 13.5. The van der Waals surface area contributed by atoms with E-state index in [2.05, 4.69) is 22.2 Å². The zero-order chi connectivity index (χ0) is 13.1. The third kappa shape index (κ3) is 2.95. The maximum Gasteiger partial charge on any atom is 0.189 e. The zero-order valence-corrected chi connectivity index (χ0v) is 12.0. The summed E-state index contributed by atoms with van der Waals surface area (Å²) in [6, 6.07) is 0.435. The number of anilines is 1. The predicted octanol–water partition coefficient (Wildman–Crippen LogP) is 2.39. The summed E-state index contributed by atoms with van der Waals surface area (Å²) in [6.45, 7) is 4.38. The Labute approximate surface area is 113 Å². The molecule has 0 aromatic carbocycles. The molecule has 5 heteroatoms. The first kappa shape index (κ1) is 13.6. The Morgan fingerprint density at radius 1 is 1.33 bits per heavy atom. The van der Waals surface area contributed by atoms with Crippen LogP contribution in [0.2, 0.25) is 0 Å². The largest absolute Gasteiger partial charge is 0.396 e. The highest BCUT2D eigenvalue weighted by molar-refractivity contribution is 7.98. The number of nitrogens with zero attached hydrogens (tertiary/aromatic N) is 2. The molecule has 1 saturated carbocycles. The molecule has 1 aliphatic carbocycles. The van der Waals surface area contributed by atoms with Gasteiger partial charge in [0.2, 0.25) is 0 Å². The number of rotatable bonds is 4. The minimum Gasteiger partial charge on any atom is -0.396 e. The molecule has 1 heterocycles. The van der Waals surface area contributed by atoms with E-state index in [1.807, 2.05) is 13.2 Å². The van der Waals surface area contributed by atoms with Crippen LogP contribution in [-0.4, -0.2) is 34.0 Å². The highest BCUT2D eigenvalue weighted by Crippen LogP contribution is 2.29. The third-order valence-electron chi connectivity index (χ3n) is 3.69. The molecule has 1 fully saturated rings. The molecule has 1 aromatic heterocycles. The van der Waals surface area contributed by atoms with Crippen molar-refractivity contribution in [1.29, 1.82) is 0 Å². The van der Waals surface area contributed by atoms with Gasteiger partial charge in [0, 0.05) is 23.9 Å². The SMILES string of the molecule is CSc1nc(C)c(C)c(NC2CCC(CO)C2)n1. The lowest BCUT2D eigenvalue weighted by molar-refractivity contribution is 0.229. The molecular weight excluding hydrogens is 246 g/mol. The van der Waals surface area contributed by atoms with Gasteiger partial charge in [-0.1, -0.05) is 11.8 Å². The van der Waals surface area contributed by atoms with Gasteiger partial charge in [-0.15, -0.1) is 0 Å². The van der Waals surface area contributed by atoms with E-state index in [0.29, 0.717) is 18.6 Å². The van der Waals surface area contributed by atoms with E-state index in [4.69, 9.17) is 0 Å². The van der Waals surface area contributed by atoms with E-state index >= 15 is 0 Å². The summed E-state index contributed by atoms with van der Waals surface area (Å²) in [4.78, 5) is 8.97. The molecule has 0 aliphatic heterocycles. The van der Waals surface area contributed by atoms with Crippen molar-refractivity contribution < 1.29 is 5.11 Å². The summed E-state index contributed by atoms with van der Waals surface area (Å²) in [6.07, 6.45) is 5.24. The number of aromatic nitrogens is 2. The van der Waals surface area contributed by atoms with E-state index in [0.717, 1.165) is 41.5 Å². The highest BCUT2D eigenvalue weighted by Gasteiger charge is 2.24. The lowest BCUT2D eigenvalue weighted by Gasteiger charge is -2.16. The van der Waals surface area contributed by atoms with Gasteiger partial charge in [0.1, 0.15) is 5.82 Å². The Morgan fingerprint density at radius 2 is 2.11 bits per heavy atom. The quantitative estimate of drug-likeness (QED) is 0.648. The van der Waals surface area contributed by atoms with Crippen LogP contribution in [0.15, 0.2) is 5.16 Å². The minimum atomic E-state index is 0.302. The van der Waals surface area contributed by atoms with Crippen molar-refractivity contribution in [2.45, 2.75) is 44.3 Å². The molecule has 4 nitrogen and oxygen atoms in total. The van der Waals surface area contributed by atoms with Gasteiger partial charge in [0.15, 0.2) is 5.16 Å². The Morgan fingerprint density at radius 3 is 2.72 bits per heavy atom. The van der Waals surface area contributed by atoms with E-state index in [1.54, 1.807) is 11.8 Å². The molecular formula is C13H21N3OS. The van der Waals surface area contributed by atoms with Crippen molar-refractivity contribution in [3.63, 3.8) is 0 Å². The van der Waals surface area contributed by atoms with Crippen LogP contribution in [0, 0.1) is 19.8 Å². The topological polar surface area (TPSA) is 58.0 Å². The number of hydrogen-bond acceptors (Lipinski definition) is 5. The lowest BCUT2D eigenvalue weighted by atomic mass is 10.1. The van der Waals surface area contributed by atoms with Crippen molar-refractivity contribution in [1.82, 2.24) is 9.97 Å². The molecule has 2 atom stereocenters. The molecule has 1 aromatic rings. The average molecular weight is 267 g/mol. The second-order valence-electron chi connectivity index (χ2n) is 4.97. The normalized spacial score (nSPS) is 23.3. The van der Waals surface area contributed by atoms with Crippen molar-refractivity contribution in [2.75, 3.05) is 18.2 Å². The van der Waals surface area contributed by atoms with Crippen molar-refractivity contribution in [3.05, 3.63) is 11.3 Å². The van der Waals surface area contributed by atoms with Gasteiger partial charge >= 0.3 is 0 Å². The number of aliphatic hydroxyl groups excluding tert-OH is 1. The molecule has 2 rings (SSSR count). The van der Waals surface area contributed by atoms with Crippen LogP contribution in [0.1, 0.15) is 30.5 Å². The first-order valence-corrected chi connectivity index (χ1v) is 7.63. The van der Waals surface area contributed by atoms with Crippen molar-refractivity contribution >= 4 is 17.6 Å². The van der Waals surface area contributed by atoms with E-state index in [1.165, 1.54) is 0 Å². The molecule has 2 unspecified atom stereocenters. The standard InChI is InChI=1S/C13H21N3OS/c1-8-9(2)14-13(18-3)16-12(8)15-11-5-4-10(6-11)7-17/h10-11,17H,4-7H2,1-3H3,(H,14,15,16). The third-order valence-corrected chi connectivity index (χ3v) is 4.24. The Hall–Kier alpha value is -0.810. The van der Waals surface area contributed by atoms with Gasteiger partial charge in [-0.3, -0.25) is 0 Å². The number of nitrogens with one attached hydrogen (secondary N) is 1. The Balaban J connectivity index is 2.11. The average Bonchev–Trinajstić information content (AvgIpc) is 2.82. The number of aryl methyl sites for hydroxylation is 1. The maximum atomic E-state index is 9.17. The molecule has 0 bridgehead atoms. The molecule has 0 radical (unpaired) electrons. The summed E-state index contributed by atoms with van der Waals surface area (Å²) in [7, 11) is 0. The lowest BCUT2D eigenvalue weighted by Crippen LogP contribution is -2.18.